The number of aliphatic carboxylic acids is 1. The molecule has 0 radical (unpaired) electrons. The molecule has 8 nitrogen and oxygen atoms in total. The third-order valence-electron chi connectivity index (χ3n) is 4.86. The summed E-state index contributed by atoms with van der Waals surface area (Å²) in [4.78, 5) is 21.7. The van der Waals surface area contributed by atoms with E-state index in [9.17, 15) is 9.90 Å². The maximum atomic E-state index is 11.2. The summed E-state index contributed by atoms with van der Waals surface area (Å²) in [6.07, 6.45) is 1.61. The van der Waals surface area contributed by atoms with Gasteiger partial charge in [-0.25, -0.2) is 0 Å². The summed E-state index contributed by atoms with van der Waals surface area (Å²) >= 11 is 0. The molecule has 2 aromatic carbocycles. The maximum absolute atomic E-state index is 11.2. The summed E-state index contributed by atoms with van der Waals surface area (Å²) in [6.45, 7) is 2.43. The molecule has 1 N–H and O–H groups in total. The largest absolute Gasteiger partial charge is 0.481 e. The molecule has 2 aromatic rings. The minimum absolute atomic E-state index is 0. The standard InChI is InChI=1S/C21H23N5O3.ClH/c22-25-23-19-10-8-17(9-11-19)20(16-5-2-1-3-6-16)24-29-14-13-26-12-4-7-18(15-26)21(27)28;/h1-3,5-6,8-11,18H,4,7,12-15H2,(H,27,28);1H. The fourth-order valence-electron chi connectivity index (χ4n) is 3.35. The highest BCUT2D eigenvalue weighted by Gasteiger charge is 2.25. The molecule has 3 rings (SSSR count). The molecule has 0 saturated carbocycles. The van der Waals surface area contributed by atoms with Crippen molar-refractivity contribution in [3.8, 4) is 0 Å². The SMILES string of the molecule is Cl.[N-]=[N+]=Nc1ccc(C(=NOCCN2CCCC(C(=O)O)C2)c2ccccc2)cc1. The van der Waals surface area contributed by atoms with Gasteiger partial charge in [0.25, 0.3) is 0 Å². The molecule has 1 heterocycles. The number of carbonyl (C=O) groups is 1. The van der Waals surface area contributed by atoms with Gasteiger partial charge in [-0.3, -0.25) is 9.69 Å². The van der Waals surface area contributed by atoms with Gasteiger partial charge in [0.1, 0.15) is 12.3 Å². The predicted molar refractivity (Wildman–Crippen MR) is 117 cm³/mol. The zero-order chi connectivity index (χ0) is 20.5. The zero-order valence-electron chi connectivity index (χ0n) is 16.4. The number of halogens is 1. The Morgan fingerprint density at radius 2 is 1.87 bits per heavy atom. The van der Waals surface area contributed by atoms with E-state index in [1.54, 1.807) is 12.1 Å². The van der Waals surface area contributed by atoms with Gasteiger partial charge < -0.3 is 9.94 Å². The summed E-state index contributed by atoms with van der Waals surface area (Å²) in [5.74, 6) is -1.04. The highest BCUT2D eigenvalue weighted by molar-refractivity contribution is 6.12. The van der Waals surface area contributed by atoms with Crippen molar-refractivity contribution in [2.45, 2.75) is 12.8 Å². The lowest BCUT2D eigenvalue weighted by atomic mass is 9.98. The molecule has 1 unspecified atom stereocenters. The van der Waals surface area contributed by atoms with Gasteiger partial charge in [-0.2, -0.15) is 0 Å². The van der Waals surface area contributed by atoms with Crippen LogP contribution in [0.5, 0.6) is 0 Å². The van der Waals surface area contributed by atoms with E-state index >= 15 is 0 Å². The van der Waals surface area contributed by atoms with E-state index in [1.165, 1.54) is 0 Å². The Balaban J connectivity index is 0.00000320. The van der Waals surface area contributed by atoms with E-state index in [-0.39, 0.29) is 18.3 Å². The number of carboxylic acids is 1. The van der Waals surface area contributed by atoms with Crippen LogP contribution in [0.15, 0.2) is 64.9 Å². The molecule has 1 atom stereocenters. The first-order valence-electron chi connectivity index (χ1n) is 9.53. The van der Waals surface area contributed by atoms with Crippen LogP contribution in [0.1, 0.15) is 24.0 Å². The first-order valence-corrected chi connectivity index (χ1v) is 9.53. The Morgan fingerprint density at radius 1 is 1.17 bits per heavy atom. The summed E-state index contributed by atoms with van der Waals surface area (Å²) in [5.41, 5.74) is 11.5. The second kappa shape index (κ2) is 11.8. The van der Waals surface area contributed by atoms with Gasteiger partial charge in [-0.15, -0.1) is 12.4 Å². The molecule has 1 aliphatic heterocycles. The van der Waals surface area contributed by atoms with Crippen LogP contribution in [-0.2, 0) is 9.63 Å². The minimum atomic E-state index is -0.732. The highest BCUT2D eigenvalue weighted by atomic mass is 35.5. The van der Waals surface area contributed by atoms with Crippen LogP contribution in [0.3, 0.4) is 0 Å². The summed E-state index contributed by atoms with van der Waals surface area (Å²) in [6, 6.07) is 16.8. The molecule has 30 heavy (non-hydrogen) atoms. The number of hydrogen-bond acceptors (Lipinski definition) is 5. The van der Waals surface area contributed by atoms with Crippen molar-refractivity contribution in [2.24, 2.45) is 16.2 Å². The smallest absolute Gasteiger partial charge is 0.307 e. The van der Waals surface area contributed by atoms with E-state index < -0.39 is 5.97 Å². The molecule has 9 heteroatoms. The Kier molecular flexibility index (Phi) is 9.15. The maximum Gasteiger partial charge on any atom is 0.307 e. The molecule has 1 saturated heterocycles. The van der Waals surface area contributed by atoms with Crippen molar-refractivity contribution in [1.29, 1.82) is 0 Å². The number of azide groups is 1. The van der Waals surface area contributed by atoms with Gasteiger partial charge in [0.05, 0.1) is 5.92 Å². The van der Waals surface area contributed by atoms with Crippen LogP contribution in [0.25, 0.3) is 10.4 Å². The first kappa shape index (κ1) is 23.2. The van der Waals surface area contributed by atoms with Gasteiger partial charge in [-0.05, 0) is 24.9 Å². The lowest BCUT2D eigenvalue weighted by Crippen LogP contribution is -2.40. The van der Waals surface area contributed by atoms with Gasteiger partial charge in [0, 0.05) is 34.8 Å². The van der Waals surface area contributed by atoms with Crippen molar-refractivity contribution in [3.05, 3.63) is 76.2 Å². The minimum Gasteiger partial charge on any atom is -0.481 e. The third kappa shape index (κ3) is 6.49. The molecule has 0 amide bonds. The van der Waals surface area contributed by atoms with Crippen molar-refractivity contribution in [3.63, 3.8) is 0 Å². The molecule has 0 bridgehead atoms. The Morgan fingerprint density at radius 3 is 2.53 bits per heavy atom. The van der Waals surface area contributed by atoms with Gasteiger partial charge in [-0.1, -0.05) is 64.9 Å². The quantitative estimate of drug-likeness (QED) is 0.165. The van der Waals surface area contributed by atoms with Crippen molar-refractivity contribution < 1.29 is 14.7 Å². The number of carboxylic acid groups (broad SMARTS) is 1. The number of likely N-dealkylation sites (tertiary alicyclic amines) is 1. The molecule has 1 aliphatic rings. The first-order chi connectivity index (χ1) is 14.2. The van der Waals surface area contributed by atoms with E-state index in [0.717, 1.165) is 30.5 Å². The van der Waals surface area contributed by atoms with Crippen molar-refractivity contribution in [2.75, 3.05) is 26.2 Å². The Bertz CT molecular complexity index is 899. The molecule has 158 valence electrons. The van der Waals surface area contributed by atoms with E-state index in [0.29, 0.717) is 31.1 Å². The van der Waals surface area contributed by atoms with E-state index in [2.05, 4.69) is 20.1 Å². The van der Waals surface area contributed by atoms with Gasteiger partial charge in [0.2, 0.25) is 0 Å². The number of rotatable bonds is 8. The van der Waals surface area contributed by atoms with Crippen molar-refractivity contribution >= 4 is 29.8 Å². The monoisotopic (exact) mass is 429 g/mol. The third-order valence-corrected chi connectivity index (χ3v) is 4.86. The fraction of sp³-hybridized carbons (Fsp3) is 0.333. The second-order valence-corrected chi connectivity index (χ2v) is 6.85. The van der Waals surface area contributed by atoms with E-state index in [4.69, 9.17) is 10.4 Å². The van der Waals surface area contributed by atoms with Crippen LogP contribution >= 0.6 is 12.4 Å². The Hall–Kier alpha value is -3.06. The molecular weight excluding hydrogens is 406 g/mol. The topological polar surface area (TPSA) is 111 Å². The lowest BCUT2D eigenvalue weighted by Gasteiger charge is -2.29. The second-order valence-electron chi connectivity index (χ2n) is 6.85. The summed E-state index contributed by atoms with van der Waals surface area (Å²) in [7, 11) is 0. The number of benzene rings is 2. The van der Waals surface area contributed by atoms with Crippen LogP contribution in [0, 0.1) is 5.92 Å². The van der Waals surface area contributed by atoms with Crippen LogP contribution in [0.4, 0.5) is 5.69 Å². The highest BCUT2D eigenvalue weighted by Crippen LogP contribution is 2.18. The normalized spacial score (nSPS) is 16.8. The average Bonchev–Trinajstić information content (AvgIpc) is 2.75. The predicted octanol–water partition coefficient (Wildman–Crippen LogP) is 4.62. The van der Waals surface area contributed by atoms with Gasteiger partial charge >= 0.3 is 5.97 Å². The number of oxime groups is 1. The average molecular weight is 430 g/mol. The molecule has 0 aromatic heterocycles. The van der Waals surface area contributed by atoms with Crippen molar-refractivity contribution in [1.82, 2.24) is 4.90 Å². The molecule has 0 spiro atoms. The number of nitrogens with zero attached hydrogens (tertiary/aromatic N) is 5. The summed E-state index contributed by atoms with van der Waals surface area (Å²) in [5, 5.41) is 17.1. The number of hydrogen-bond donors (Lipinski definition) is 1. The van der Waals surface area contributed by atoms with Crippen LogP contribution in [-0.4, -0.2) is 47.9 Å². The van der Waals surface area contributed by atoms with E-state index in [1.807, 2.05) is 42.5 Å². The lowest BCUT2D eigenvalue weighted by molar-refractivity contribution is -0.143. The number of piperidine rings is 1. The van der Waals surface area contributed by atoms with Crippen LogP contribution < -0.4 is 0 Å². The molecule has 1 fully saturated rings. The Labute approximate surface area is 181 Å². The zero-order valence-corrected chi connectivity index (χ0v) is 17.2. The molecular formula is C21H24ClN5O3. The summed E-state index contributed by atoms with van der Waals surface area (Å²) < 4.78 is 0. The van der Waals surface area contributed by atoms with Gasteiger partial charge in [0.15, 0.2) is 0 Å². The van der Waals surface area contributed by atoms with Crippen LogP contribution in [0.2, 0.25) is 0 Å². The molecule has 0 aliphatic carbocycles. The fourth-order valence-corrected chi connectivity index (χ4v) is 3.35.